The Kier molecular flexibility index (Phi) is 6.22. The van der Waals surface area contributed by atoms with Gasteiger partial charge in [0.15, 0.2) is 0 Å². The van der Waals surface area contributed by atoms with Crippen LogP contribution >= 0.6 is 34.8 Å². The molecule has 3 rings (SSSR count). The highest BCUT2D eigenvalue weighted by atomic mass is 35.5. The van der Waals surface area contributed by atoms with Crippen molar-refractivity contribution in [2.24, 2.45) is 0 Å². The fourth-order valence-electron chi connectivity index (χ4n) is 2.59. The standard InChI is InChI=1S/C20H15Cl3N2O2/c21-16-5-3-15(17(22)9-16)12-25(11-13-2-1-7-24-10-13)20(27)14-4-6-19(26)18(23)8-14/h1-10,26H,11-12H2. The van der Waals surface area contributed by atoms with Crippen LogP contribution in [0.3, 0.4) is 0 Å². The topological polar surface area (TPSA) is 53.4 Å². The van der Waals surface area contributed by atoms with Crippen molar-refractivity contribution in [3.63, 3.8) is 0 Å². The van der Waals surface area contributed by atoms with Gasteiger partial charge in [-0.1, -0.05) is 46.9 Å². The minimum Gasteiger partial charge on any atom is -0.506 e. The van der Waals surface area contributed by atoms with Gasteiger partial charge < -0.3 is 10.0 Å². The second-order valence-corrected chi connectivity index (χ2v) is 7.18. The van der Waals surface area contributed by atoms with Gasteiger partial charge in [-0.05, 0) is 47.5 Å². The Hall–Kier alpha value is -2.27. The van der Waals surface area contributed by atoms with Gasteiger partial charge in [0.1, 0.15) is 5.75 Å². The van der Waals surface area contributed by atoms with E-state index in [1.807, 2.05) is 12.1 Å². The molecule has 4 nitrogen and oxygen atoms in total. The third-order valence-corrected chi connectivity index (χ3v) is 4.84. The van der Waals surface area contributed by atoms with Gasteiger partial charge in [0.05, 0.1) is 5.02 Å². The monoisotopic (exact) mass is 420 g/mol. The Bertz CT molecular complexity index is 965. The van der Waals surface area contributed by atoms with Gasteiger partial charge in [-0.3, -0.25) is 9.78 Å². The molecule has 0 saturated heterocycles. The van der Waals surface area contributed by atoms with Crippen molar-refractivity contribution in [2.45, 2.75) is 13.1 Å². The van der Waals surface area contributed by atoms with Crippen molar-refractivity contribution in [2.75, 3.05) is 0 Å². The lowest BCUT2D eigenvalue weighted by Gasteiger charge is -2.24. The molecule has 0 fully saturated rings. The fourth-order valence-corrected chi connectivity index (χ4v) is 3.24. The number of phenolic OH excluding ortho intramolecular Hbond substituents is 1. The molecule has 1 N–H and O–H groups in total. The zero-order chi connectivity index (χ0) is 19.4. The number of aromatic hydroxyl groups is 1. The average Bonchev–Trinajstić information content (AvgIpc) is 2.65. The van der Waals surface area contributed by atoms with Crippen LogP contribution in [0.2, 0.25) is 15.1 Å². The van der Waals surface area contributed by atoms with E-state index in [2.05, 4.69) is 4.98 Å². The number of pyridine rings is 1. The summed E-state index contributed by atoms with van der Waals surface area (Å²) >= 11 is 18.2. The first-order chi connectivity index (χ1) is 12.9. The van der Waals surface area contributed by atoms with Crippen molar-refractivity contribution in [3.8, 4) is 5.75 Å². The molecular formula is C20H15Cl3N2O2. The van der Waals surface area contributed by atoms with Gasteiger partial charge in [0.25, 0.3) is 5.91 Å². The molecule has 7 heteroatoms. The molecule has 27 heavy (non-hydrogen) atoms. The summed E-state index contributed by atoms with van der Waals surface area (Å²) in [6.45, 7) is 0.617. The summed E-state index contributed by atoms with van der Waals surface area (Å²) in [6.07, 6.45) is 3.37. The van der Waals surface area contributed by atoms with E-state index in [0.717, 1.165) is 11.1 Å². The van der Waals surface area contributed by atoms with E-state index in [4.69, 9.17) is 34.8 Å². The van der Waals surface area contributed by atoms with Gasteiger partial charge in [0, 0.05) is 41.1 Å². The van der Waals surface area contributed by atoms with Gasteiger partial charge in [-0.2, -0.15) is 0 Å². The molecule has 3 aromatic rings. The molecule has 1 aromatic heterocycles. The van der Waals surface area contributed by atoms with Crippen LogP contribution in [-0.2, 0) is 13.1 Å². The van der Waals surface area contributed by atoms with Crippen LogP contribution < -0.4 is 0 Å². The summed E-state index contributed by atoms with van der Waals surface area (Å²) in [6, 6.07) is 13.2. The first-order valence-corrected chi connectivity index (χ1v) is 9.18. The first-order valence-electron chi connectivity index (χ1n) is 8.04. The van der Waals surface area contributed by atoms with Crippen molar-refractivity contribution in [1.82, 2.24) is 9.88 Å². The SMILES string of the molecule is O=C(c1ccc(O)c(Cl)c1)N(Cc1cccnc1)Cc1ccc(Cl)cc1Cl. The van der Waals surface area contributed by atoms with Crippen molar-refractivity contribution >= 4 is 40.7 Å². The Morgan fingerprint density at radius 2 is 1.81 bits per heavy atom. The fraction of sp³-hybridized carbons (Fsp3) is 0.100. The van der Waals surface area contributed by atoms with Crippen LogP contribution in [0.4, 0.5) is 0 Å². The van der Waals surface area contributed by atoms with E-state index >= 15 is 0 Å². The molecule has 1 amide bonds. The molecule has 1 heterocycles. The molecule has 0 aliphatic carbocycles. The third-order valence-electron chi connectivity index (χ3n) is 3.95. The van der Waals surface area contributed by atoms with E-state index in [1.54, 1.807) is 35.5 Å². The van der Waals surface area contributed by atoms with Gasteiger partial charge >= 0.3 is 0 Å². The molecular weight excluding hydrogens is 407 g/mol. The zero-order valence-corrected chi connectivity index (χ0v) is 16.3. The largest absolute Gasteiger partial charge is 0.506 e. The number of rotatable bonds is 5. The molecule has 0 aliphatic rings. The lowest BCUT2D eigenvalue weighted by atomic mass is 10.1. The van der Waals surface area contributed by atoms with Crippen LogP contribution in [0.15, 0.2) is 60.9 Å². The number of hydrogen-bond donors (Lipinski definition) is 1. The van der Waals surface area contributed by atoms with E-state index < -0.39 is 0 Å². The number of halogens is 3. The van der Waals surface area contributed by atoms with Crippen LogP contribution in [0.1, 0.15) is 21.5 Å². The highest BCUT2D eigenvalue weighted by Gasteiger charge is 2.19. The summed E-state index contributed by atoms with van der Waals surface area (Å²) in [5.41, 5.74) is 2.01. The van der Waals surface area contributed by atoms with Gasteiger partial charge in [0.2, 0.25) is 0 Å². The molecule has 138 valence electrons. The number of carbonyl (C=O) groups excluding carboxylic acids is 1. The Morgan fingerprint density at radius 1 is 1.00 bits per heavy atom. The van der Waals surface area contributed by atoms with Crippen molar-refractivity contribution in [1.29, 1.82) is 0 Å². The van der Waals surface area contributed by atoms with Crippen LogP contribution in [0, 0.1) is 0 Å². The molecule has 0 atom stereocenters. The Morgan fingerprint density at radius 3 is 2.48 bits per heavy atom. The minimum atomic E-state index is -0.244. The Labute approximate surface area is 171 Å². The summed E-state index contributed by atoms with van der Waals surface area (Å²) in [5.74, 6) is -0.320. The average molecular weight is 422 g/mol. The quantitative estimate of drug-likeness (QED) is 0.584. The third kappa shape index (κ3) is 4.92. The van der Waals surface area contributed by atoms with Gasteiger partial charge in [-0.15, -0.1) is 0 Å². The molecule has 0 bridgehead atoms. The lowest BCUT2D eigenvalue weighted by Crippen LogP contribution is -2.30. The summed E-state index contributed by atoms with van der Waals surface area (Å²) in [4.78, 5) is 18.8. The molecule has 0 aliphatic heterocycles. The maximum atomic E-state index is 13.1. The number of aromatic nitrogens is 1. The van der Waals surface area contributed by atoms with Crippen molar-refractivity contribution in [3.05, 3.63) is 92.7 Å². The second-order valence-electron chi connectivity index (χ2n) is 5.92. The maximum absolute atomic E-state index is 13.1. The van der Waals surface area contributed by atoms with Gasteiger partial charge in [-0.25, -0.2) is 0 Å². The second kappa shape index (κ2) is 8.61. The van der Waals surface area contributed by atoms with Crippen LogP contribution in [0.5, 0.6) is 5.75 Å². The van der Waals surface area contributed by atoms with Crippen molar-refractivity contribution < 1.29 is 9.90 Å². The maximum Gasteiger partial charge on any atom is 0.254 e. The smallest absolute Gasteiger partial charge is 0.254 e. The van der Waals surface area contributed by atoms with E-state index in [0.29, 0.717) is 22.2 Å². The van der Waals surface area contributed by atoms with E-state index in [1.165, 1.54) is 18.2 Å². The number of benzene rings is 2. The molecule has 0 radical (unpaired) electrons. The minimum absolute atomic E-state index is 0.0761. The highest BCUT2D eigenvalue weighted by Crippen LogP contribution is 2.27. The molecule has 0 saturated carbocycles. The van der Waals surface area contributed by atoms with Crippen LogP contribution in [-0.4, -0.2) is 20.9 Å². The normalized spacial score (nSPS) is 10.6. The Balaban J connectivity index is 1.93. The molecule has 0 unspecified atom stereocenters. The number of amides is 1. The zero-order valence-electron chi connectivity index (χ0n) is 14.1. The summed E-state index contributed by atoms with van der Waals surface area (Å²) in [5, 5.41) is 10.7. The summed E-state index contributed by atoms with van der Waals surface area (Å²) in [7, 11) is 0. The predicted octanol–water partition coefficient (Wildman–Crippen LogP) is 5.59. The predicted molar refractivity (Wildman–Crippen MR) is 107 cm³/mol. The lowest BCUT2D eigenvalue weighted by molar-refractivity contribution is 0.0730. The number of carbonyl (C=O) groups is 1. The number of hydrogen-bond acceptors (Lipinski definition) is 3. The number of phenols is 1. The summed E-state index contributed by atoms with van der Waals surface area (Å²) < 4.78 is 0. The van der Waals surface area contributed by atoms with E-state index in [9.17, 15) is 9.90 Å². The van der Waals surface area contributed by atoms with E-state index in [-0.39, 0.29) is 23.2 Å². The molecule has 2 aromatic carbocycles. The first kappa shape index (κ1) is 19.5. The number of nitrogens with zero attached hydrogens (tertiary/aromatic N) is 2. The van der Waals surface area contributed by atoms with Crippen LogP contribution in [0.25, 0.3) is 0 Å². The molecule has 0 spiro atoms. The highest BCUT2D eigenvalue weighted by molar-refractivity contribution is 6.35.